The number of ether oxygens (including phenoxy) is 1. The molecule has 1 aromatic rings. The summed E-state index contributed by atoms with van der Waals surface area (Å²) < 4.78 is 64.2. The topological polar surface area (TPSA) is 95.9 Å². The molecule has 0 aliphatic rings. The van der Waals surface area contributed by atoms with Crippen molar-refractivity contribution in [2.24, 2.45) is 4.40 Å². The summed E-state index contributed by atoms with van der Waals surface area (Å²) in [6.07, 6.45) is 0. The van der Waals surface area contributed by atoms with Gasteiger partial charge in [0.2, 0.25) is 0 Å². The zero-order valence-electron chi connectivity index (χ0n) is 9.84. The van der Waals surface area contributed by atoms with Crippen LogP contribution in [0.4, 0.5) is 13.2 Å². The molecule has 0 aromatic heterocycles. The van der Waals surface area contributed by atoms with Crippen molar-refractivity contribution in [2.75, 3.05) is 0 Å². The van der Waals surface area contributed by atoms with Gasteiger partial charge in [-0.25, -0.2) is 0 Å². The third-order valence-electron chi connectivity index (χ3n) is 1.86. The van der Waals surface area contributed by atoms with Crippen LogP contribution in [0.15, 0.2) is 28.7 Å². The fraction of sp³-hybridized carbons (Fsp3) is 0.200. The van der Waals surface area contributed by atoms with Crippen molar-refractivity contribution in [2.45, 2.75) is 12.4 Å². The summed E-state index contributed by atoms with van der Waals surface area (Å²) in [6, 6.07) is 4.20. The molecule has 0 saturated heterocycles. The first-order valence-corrected chi connectivity index (χ1v) is 6.34. The Morgan fingerprint density at radius 3 is 2.15 bits per heavy atom. The molecule has 0 aliphatic carbocycles. The minimum Gasteiger partial charge on any atom is -0.858 e. The van der Waals surface area contributed by atoms with E-state index < -0.39 is 33.0 Å². The van der Waals surface area contributed by atoms with Crippen molar-refractivity contribution in [1.82, 2.24) is 0 Å². The first kappa shape index (κ1) is 16.0. The average molecular weight is 310 g/mol. The Morgan fingerprint density at radius 2 is 1.75 bits per heavy atom. The average Bonchev–Trinajstić information content (AvgIpc) is 2.26. The van der Waals surface area contributed by atoms with Crippen LogP contribution in [0, 0.1) is 0 Å². The van der Waals surface area contributed by atoms with Gasteiger partial charge in [-0.05, 0) is 17.7 Å². The number of nitrogens with zero attached hydrogens (tertiary/aromatic N) is 1. The van der Waals surface area contributed by atoms with Crippen LogP contribution in [0.5, 0.6) is 5.75 Å². The lowest BCUT2D eigenvalue weighted by molar-refractivity contribution is -0.212. The SMILES string of the molecule is CC(=O)Oc1ccc(/C([O-])=N/S(=O)(=O)C(F)(F)F)cc1. The Bertz CT molecular complexity index is 634. The van der Waals surface area contributed by atoms with E-state index in [-0.39, 0.29) is 5.75 Å². The highest BCUT2D eigenvalue weighted by atomic mass is 32.2. The highest BCUT2D eigenvalue weighted by molar-refractivity contribution is 7.91. The van der Waals surface area contributed by atoms with Crippen LogP contribution in [0.2, 0.25) is 0 Å². The molecular formula is C10H7F3NO5S-. The van der Waals surface area contributed by atoms with E-state index in [1.165, 1.54) is 0 Å². The van der Waals surface area contributed by atoms with Crippen LogP contribution in [-0.2, 0) is 14.8 Å². The maximum atomic E-state index is 12.0. The van der Waals surface area contributed by atoms with Gasteiger partial charge in [-0.1, -0.05) is 12.1 Å². The second-order valence-electron chi connectivity index (χ2n) is 3.44. The maximum absolute atomic E-state index is 12.0. The summed E-state index contributed by atoms with van der Waals surface area (Å²) in [6.45, 7) is 1.13. The van der Waals surface area contributed by atoms with E-state index in [0.29, 0.717) is 0 Å². The molecule has 10 heteroatoms. The van der Waals surface area contributed by atoms with E-state index in [9.17, 15) is 31.5 Å². The lowest BCUT2D eigenvalue weighted by Gasteiger charge is -2.12. The van der Waals surface area contributed by atoms with Gasteiger partial charge in [0.05, 0.1) is 0 Å². The standard InChI is InChI=1S/C10H8F3NO5S/c1-6(15)19-8-4-2-7(3-5-8)9(16)14-20(17,18)10(11,12)13/h2-5H,1H3,(H,14,16)/p-1. The Hall–Kier alpha value is -2.10. The molecule has 0 bridgehead atoms. The Morgan fingerprint density at radius 1 is 1.25 bits per heavy atom. The van der Waals surface area contributed by atoms with Crippen molar-refractivity contribution < 1.29 is 36.2 Å². The molecular weight excluding hydrogens is 303 g/mol. The second kappa shape index (κ2) is 5.49. The molecule has 20 heavy (non-hydrogen) atoms. The molecule has 0 amide bonds. The second-order valence-corrected chi connectivity index (χ2v) is 5.03. The molecule has 0 aliphatic heterocycles. The van der Waals surface area contributed by atoms with Gasteiger partial charge in [0, 0.05) is 12.8 Å². The number of rotatable bonds is 3. The predicted octanol–water partition coefficient (Wildman–Crippen LogP) is 0.568. The number of carbonyl (C=O) groups excluding carboxylic acids is 1. The van der Waals surface area contributed by atoms with Crippen LogP contribution < -0.4 is 9.84 Å². The third-order valence-corrected chi connectivity index (χ3v) is 2.85. The van der Waals surface area contributed by atoms with Gasteiger partial charge in [-0.3, -0.25) is 4.79 Å². The van der Waals surface area contributed by atoms with Gasteiger partial charge in [0.15, 0.2) is 0 Å². The van der Waals surface area contributed by atoms with Crippen LogP contribution in [-0.4, -0.2) is 25.8 Å². The van der Waals surface area contributed by atoms with Gasteiger partial charge >= 0.3 is 21.5 Å². The molecule has 1 rings (SSSR count). The van der Waals surface area contributed by atoms with E-state index in [1.807, 2.05) is 0 Å². The van der Waals surface area contributed by atoms with E-state index in [1.54, 1.807) is 0 Å². The molecule has 6 nitrogen and oxygen atoms in total. The summed E-state index contributed by atoms with van der Waals surface area (Å²) in [5, 5.41) is 11.3. The highest BCUT2D eigenvalue weighted by Crippen LogP contribution is 2.25. The quantitative estimate of drug-likeness (QED) is 0.352. The first-order chi connectivity index (χ1) is 9.03. The van der Waals surface area contributed by atoms with Crippen molar-refractivity contribution >= 4 is 21.9 Å². The summed E-state index contributed by atoms with van der Waals surface area (Å²) in [4.78, 5) is 10.6. The number of hydrogen-bond acceptors (Lipinski definition) is 5. The molecule has 0 saturated carbocycles. The van der Waals surface area contributed by atoms with E-state index in [2.05, 4.69) is 9.13 Å². The number of esters is 1. The van der Waals surface area contributed by atoms with Gasteiger partial charge in [-0.2, -0.15) is 26.0 Å². The summed E-state index contributed by atoms with van der Waals surface area (Å²) >= 11 is 0. The smallest absolute Gasteiger partial charge is 0.518 e. The van der Waals surface area contributed by atoms with Crippen LogP contribution in [0.25, 0.3) is 0 Å². The zero-order chi connectivity index (χ0) is 15.6. The lowest BCUT2D eigenvalue weighted by Crippen LogP contribution is -2.27. The molecule has 0 N–H and O–H groups in total. The van der Waals surface area contributed by atoms with Gasteiger partial charge in [0.25, 0.3) is 0 Å². The molecule has 0 unspecified atom stereocenters. The molecule has 0 fully saturated rings. The number of halogens is 3. The zero-order valence-corrected chi connectivity index (χ0v) is 10.7. The maximum Gasteiger partial charge on any atom is 0.518 e. The van der Waals surface area contributed by atoms with E-state index >= 15 is 0 Å². The number of sulfonamides is 1. The van der Waals surface area contributed by atoms with Crippen molar-refractivity contribution in [1.29, 1.82) is 0 Å². The molecule has 0 radical (unpaired) electrons. The van der Waals surface area contributed by atoms with Crippen LogP contribution in [0.1, 0.15) is 12.5 Å². The fourth-order valence-electron chi connectivity index (χ4n) is 1.05. The minimum atomic E-state index is -5.88. The highest BCUT2D eigenvalue weighted by Gasteiger charge is 2.45. The largest absolute Gasteiger partial charge is 0.858 e. The number of benzene rings is 1. The number of carbonyl (C=O) groups is 1. The fourth-order valence-corrected chi connectivity index (χ4v) is 1.47. The molecule has 0 spiro atoms. The van der Waals surface area contributed by atoms with Gasteiger partial charge in [0.1, 0.15) is 5.75 Å². The summed E-state index contributed by atoms with van der Waals surface area (Å²) in [5.41, 5.74) is -6.03. The van der Waals surface area contributed by atoms with Crippen molar-refractivity contribution in [3.05, 3.63) is 29.8 Å². The number of alkyl halides is 3. The molecule has 0 atom stereocenters. The van der Waals surface area contributed by atoms with Crippen LogP contribution in [0.3, 0.4) is 0 Å². The summed E-state index contributed by atoms with van der Waals surface area (Å²) in [7, 11) is -5.88. The lowest BCUT2D eigenvalue weighted by atomic mass is 10.2. The van der Waals surface area contributed by atoms with Crippen LogP contribution >= 0.6 is 0 Å². The van der Waals surface area contributed by atoms with Crippen molar-refractivity contribution in [3.8, 4) is 5.75 Å². The molecule has 110 valence electrons. The van der Waals surface area contributed by atoms with E-state index in [0.717, 1.165) is 31.2 Å². The third kappa shape index (κ3) is 3.95. The Balaban J connectivity index is 3.04. The van der Waals surface area contributed by atoms with Gasteiger partial charge in [-0.15, -0.1) is 0 Å². The van der Waals surface area contributed by atoms with E-state index in [4.69, 9.17) is 0 Å². The Labute approximate surface area is 111 Å². The number of hydrogen-bond donors (Lipinski definition) is 0. The monoisotopic (exact) mass is 310 g/mol. The molecule has 0 heterocycles. The Kier molecular flexibility index (Phi) is 4.38. The first-order valence-electron chi connectivity index (χ1n) is 4.90. The normalized spacial score (nSPS) is 13.1. The predicted molar refractivity (Wildman–Crippen MR) is 59.3 cm³/mol. The molecule has 1 aromatic carbocycles. The minimum absolute atomic E-state index is 0.0488. The van der Waals surface area contributed by atoms with Gasteiger partial charge < -0.3 is 9.84 Å². The van der Waals surface area contributed by atoms with Crippen molar-refractivity contribution in [3.63, 3.8) is 0 Å². The summed E-state index contributed by atoms with van der Waals surface area (Å²) in [5.74, 6) is -2.15.